The lowest BCUT2D eigenvalue weighted by molar-refractivity contribution is -0.141. The van der Waals surface area contributed by atoms with E-state index in [4.69, 9.17) is 22.1 Å². The van der Waals surface area contributed by atoms with Crippen LogP contribution in [-0.4, -0.2) is 59.2 Å². The number of primary amides is 1. The van der Waals surface area contributed by atoms with Gasteiger partial charge in [0, 0.05) is 17.3 Å². The Bertz CT molecular complexity index is 1070. The molecule has 1 unspecified atom stereocenters. The number of aromatic amines is 1. The molecule has 0 radical (unpaired) electrons. The zero-order valence-electron chi connectivity index (χ0n) is 19.8. The van der Waals surface area contributed by atoms with Gasteiger partial charge in [-0.3, -0.25) is 29.6 Å². The largest absolute Gasteiger partial charge is 0.496 e. The van der Waals surface area contributed by atoms with E-state index in [0.29, 0.717) is 12.2 Å². The number of benzene rings is 1. The van der Waals surface area contributed by atoms with Crippen LogP contribution in [0.5, 0.6) is 5.75 Å². The molecule has 1 atom stereocenters. The van der Waals surface area contributed by atoms with Gasteiger partial charge in [0.05, 0.1) is 13.7 Å². The number of ether oxygens (including phenoxy) is 1. The molecule has 1 fully saturated rings. The fourth-order valence-electron chi connectivity index (χ4n) is 4.40. The summed E-state index contributed by atoms with van der Waals surface area (Å²) in [6.45, 7) is -0.113. The number of aromatic nitrogens is 1. The molecule has 4 amide bonds. The number of rotatable bonds is 10. The van der Waals surface area contributed by atoms with Crippen molar-refractivity contribution in [2.75, 3.05) is 19.5 Å². The van der Waals surface area contributed by atoms with Crippen LogP contribution < -0.4 is 21.2 Å². The molecule has 2 aromatic rings. The van der Waals surface area contributed by atoms with E-state index < -0.39 is 29.7 Å². The van der Waals surface area contributed by atoms with Gasteiger partial charge in [0.25, 0.3) is 17.7 Å². The second kappa shape index (κ2) is 12.4. The topological polar surface area (TPSA) is 147 Å². The number of nitrogens with one attached hydrogen (secondary N) is 3. The zero-order chi connectivity index (χ0) is 25.4. The summed E-state index contributed by atoms with van der Waals surface area (Å²) in [5.74, 6) is -1.69. The van der Waals surface area contributed by atoms with Gasteiger partial charge in [-0.05, 0) is 30.5 Å². The summed E-state index contributed by atoms with van der Waals surface area (Å²) in [5.41, 5.74) is 8.72. The number of nitrogens with two attached hydrogens (primary N) is 1. The first kappa shape index (κ1) is 26.3. The number of methoxy groups -OCH3 is 1. The second-order valence-corrected chi connectivity index (χ2v) is 9.01. The van der Waals surface area contributed by atoms with Gasteiger partial charge in [0.15, 0.2) is 0 Å². The summed E-state index contributed by atoms with van der Waals surface area (Å²) >= 11 is 5.67. The molecule has 0 bridgehead atoms. The van der Waals surface area contributed by atoms with E-state index in [-0.39, 0.29) is 30.5 Å². The summed E-state index contributed by atoms with van der Waals surface area (Å²) in [4.78, 5) is 52.8. The van der Waals surface area contributed by atoms with Gasteiger partial charge in [-0.25, -0.2) is 0 Å². The number of H-pyrrole nitrogens is 1. The number of fused-ring (bicyclic) bond motifs is 1. The van der Waals surface area contributed by atoms with E-state index in [1.165, 1.54) is 0 Å². The van der Waals surface area contributed by atoms with E-state index in [1.54, 1.807) is 19.2 Å². The molecule has 1 aromatic heterocycles. The fraction of sp³-hybridized carbons (Fsp3) is 0.500. The van der Waals surface area contributed by atoms with Crippen LogP contribution in [0.25, 0.3) is 10.9 Å². The van der Waals surface area contributed by atoms with Gasteiger partial charge in [0.1, 0.15) is 23.4 Å². The molecular formula is C24H32ClN5O5. The number of hydrogen-bond donors (Lipinski definition) is 4. The van der Waals surface area contributed by atoms with Crippen molar-refractivity contribution in [3.05, 3.63) is 30.0 Å². The Morgan fingerprint density at radius 1 is 1.23 bits per heavy atom. The van der Waals surface area contributed by atoms with E-state index in [2.05, 4.69) is 15.7 Å². The maximum atomic E-state index is 13.2. The summed E-state index contributed by atoms with van der Waals surface area (Å²) in [7, 11) is 1.55. The van der Waals surface area contributed by atoms with Crippen molar-refractivity contribution in [3.63, 3.8) is 0 Å². The SMILES string of the molecule is COc1cccc2[nH]c(C(=O)NC(CC3CCCCC3)C(=O)NN(CCC(N)=O)C(=O)CCl)cc12. The van der Waals surface area contributed by atoms with Gasteiger partial charge < -0.3 is 20.8 Å². The van der Waals surface area contributed by atoms with Gasteiger partial charge in [-0.2, -0.15) is 0 Å². The number of nitrogens with zero attached hydrogens (tertiary/aromatic N) is 1. The standard InChI is InChI=1S/C24H32ClN5O5/c1-35-20-9-5-8-17-16(20)13-19(27-17)23(33)28-18(12-15-6-3-2-4-7-15)24(34)29-30(22(32)14-25)11-10-21(26)31/h5,8-9,13,15,18,27H,2-4,6-7,10-12,14H2,1H3,(H2,26,31)(H,28,33)(H,29,34). The zero-order valence-corrected chi connectivity index (χ0v) is 20.5. The van der Waals surface area contributed by atoms with Crippen molar-refractivity contribution in [3.8, 4) is 5.75 Å². The molecule has 0 spiro atoms. The van der Waals surface area contributed by atoms with Crippen molar-refractivity contribution in [2.45, 2.75) is 51.0 Å². The Balaban J connectivity index is 1.78. The minimum Gasteiger partial charge on any atom is -0.496 e. The number of amides is 4. The van der Waals surface area contributed by atoms with Crippen LogP contribution in [0.4, 0.5) is 0 Å². The Morgan fingerprint density at radius 3 is 2.63 bits per heavy atom. The van der Waals surface area contributed by atoms with Crippen molar-refractivity contribution in [1.29, 1.82) is 0 Å². The summed E-state index contributed by atoms with van der Waals surface area (Å²) < 4.78 is 5.36. The first-order chi connectivity index (χ1) is 16.8. The van der Waals surface area contributed by atoms with Gasteiger partial charge in [-0.1, -0.05) is 38.2 Å². The third kappa shape index (κ3) is 7.11. The normalized spacial score (nSPS) is 14.8. The van der Waals surface area contributed by atoms with Gasteiger partial charge in [0.2, 0.25) is 5.91 Å². The predicted molar refractivity (Wildman–Crippen MR) is 132 cm³/mol. The molecular weight excluding hydrogens is 474 g/mol. The molecule has 0 saturated heterocycles. The molecule has 1 aromatic carbocycles. The van der Waals surface area contributed by atoms with Crippen LogP contribution in [-0.2, 0) is 14.4 Å². The maximum Gasteiger partial charge on any atom is 0.268 e. The third-order valence-electron chi connectivity index (χ3n) is 6.25. The molecule has 190 valence electrons. The van der Waals surface area contributed by atoms with Crippen LogP contribution >= 0.6 is 11.6 Å². The molecule has 1 aliphatic rings. The average Bonchev–Trinajstić information content (AvgIpc) is 3.30. The number of hydrazine groups is 1. The highest BCUT2D eigenvalue weighted by Gasteiger charge is 2.29. The molecule has 5 N–H and O–H groups in total. The Kier molecular flexibility index (Phi) is 9.36. The second-order valence-electron chi connectivity index (χ2n) is 8.74. The van der Waals surface area contributed by atoms with Crippen molar-refractivity contribution in [1.82, 2.24) is 20.7 Å². The summed E-state index contributed by atoms with van der Waals surface area (Å²) in [5, 5.41) is 4.55. The number of carbonyl (C=O) groups is 4. The molecule has 3 rings (SSSR count). The Morgan fingerprint density at radius 2 is 1.97 bits per heavy atom. The minimum absolute atomic E-state index is 0.113. The Labute approximate surface area is 208 Å². The molecule has 35 heavy (non-hydrogen) atoms. The van der Waals surface area contributed by atoms with Gasteiger partial charge in [-0.15, -0.1) is 11.6 Å². The molecule has 0 aliphatic heterocycles. The van der Waals surface area contributed by atoms with E-state index in [0.717, 1.165) is 48.0 Å². The number of hydrogen-bond acceptors (Lipinski definition) is 5. The molecule has 10 nitrogen and oxygen atoms in total. The van der Waals surface area contributed by atoms with Gasteiger partial charge >= 0.3 is 0 Å². The fourth-order valence-corrected chi connectivity index (χ4v) is 4.54. The van der Waals surface area contributed by atoms with E-state index >= 15 is 0 Å². The number of carbonyl (C=O) groups excluding carboxylic acids is 4. The van der Waals surface area contributed by atoms with Crippen LogP contribution in [0, 0.1) is 5.92 Å². The first-order valence-corrected chi connectivity index (χ1v) is 12.3. The Hall–Kier alpha value is -3.27. The maximum absolute atomic E-state index is 13.2. The van der Waals surface area contributed by atoms with E-state index in [1.807, 2.05) is 12.1 Å². The van der Waals surface area contributed by atoms with Crippen LogP contribution in [0.1, 0.15) is 55.4 Å². The molecule has 1 saturated carbocycles. The highest BCUT2D eigenvalue weighted by Crippen LogP contribution is 2.28. The lowest BCUT2D eigenvalue weighted by Gasteiger charge is -2.29. The number of alkyl halides is 1. The molecule has 11 heteroatoms. The molecule has 1 aliphatic carbocycles. The average molecular weight is 506 g/mol. The smallest absolute Gasteiger partial charge is 0.268 e. The highest BCUT2D eigenvalue weighted by atomic mass is 35.5. The van der Waals surface area contributed by atoms with E-state index in [9.17, 15) is 19.2 Å². The quantitative estimate of drug-likeness (QED) is 0.289. The van der Waals surface area contributed by atoms with Crippen molar-refractivity contribution < 1.29 is 23.9 Å². The minimum atomic E-state index is -0.891. The van der Waals surface area contributed by atoms with Crippen molar-refractivity contribution >= 4 is 46.1 Å². The summed E-state index contributed by atoms with van der Waals surface area (Å²) in [6.07, 6.45) is 5.53. The van der Waals surface area contributed by atoms with Crippen LogP contribution in [0.2, 0.25) is 0 Å². The first-order valence-electron chi connectivity index (χ1n) is 11.7. The summed E-state index contributed by atoms with van der Waals surface area (Å²) in [6, 6.07) is 6.22. The predicted octanol–water partition coefficient (Wildman–Crippen LogP) is 2.22. The van der Waals surface area contributed by atoms with Crippen LogP contribution in [0.3, 0.4) is 0 Å². The third-order valence-corrected chi connectivity index (χ3v) is 6.48. The molecule has 1 heterocycles. The lowest BCUT2D eigenvalue weighted by Crippen LogP contribution is -2.55. The van der Waals surface area contributed by atoms with Crippen LogP contribution in [0.15, 0.2) is 24.3 Å². The monoisotopic (exact) mass is 505 g/mol. The number of halogens is 1. The highest BCUT2D eigenvalue weighted by molar-refractivity contribution is 6.27. The van der Waals surface area contributed by atoms with Crippen molar-refractivity contribution in [2.24, 2.45) is 11.7 Å². The lowest BCUT2D eigenvalue weighted by atomic mass is 9.84.